The quantitative estimate of drug-likeness (QED) is 0.906. The van der Waals surface area contributed by atoms with Crippen LogP contribution in [0.4, 0.5) is 5.82 Å². The highest BCUT2D eigenvalue weighted by molar-refractivity contribution is 6.00. The Hall–Kier alpha value is -2.76. The van der Waals surface area contributed by atoms with E-state index in [2.05, 4.69) is 15.6 Å². The number of nitrogens with one attached hydrogen (secondary N) is 2. The first-order valence-electron chi connectivity index (χ1n) is 7.06. The fourth-order valence-electron chi connectivity index (χ4n) is 2.39. The summed E-state index contributed by atoms with van der Waals surface area (Å²) >= 11 is 0. The monoisotopic (exact) mass is 299 g/mol. The fourth-order valence-corrected chi connectivity index (χ4v) is 2.39. The molecule has 1 unspecified atom stereocenters. The Balaban J connectivity index is 1.92. The van der Waals surface area contributed by atoms with Crippen molar-refractivity contribution < 1.29 is 14.3 Å². The number of carbonyl (C=O) groups excluding carboxylic acids is 1. The van der Waals surface area contributed by atoms with Crippen LogP contribution in [0.3, 0.4) is 0 Å². The molecule has 6 heteroatoms. The zero-order valence-electron chi connectivity index (χ0n) is 12.4. The van der Waals surface area contributed by atoms with Crippen molar-refractivity contribution in [3.8, 4) is 11.5 Å². The van der Waals surface area contributed by atoms with Crippen LogP contribution in [-0.2, 0) is 0 Å². The van der Waals surface area contributed by atoms with Crippen molar-refractivity contribution >= 4 is 11.7 Å². The molecular formula is C16H17N3O3. The first kappa shape index (κ1) is 14.2. The SMILES string of the molecule is CCOc1cc(C2NC(=O)c3cccnc3N2)ccc1OC. The largest absolute Gasteiger partial charge is 0.493 e. The third-order valence-corrected chi connectivity index (χ3v) is 3.43. The summed E-state index contributed by atoms with van der Waals surface area (Å²) in [7, 11) is 1.60. The van der Waals surface area contributed by atoms with Gasteiger partial charge in [-0.1, -0.05) is 6.07 Å². The Bertz CT molecular complexity index is 703. The van der Waals surface area contributed by atoms with E-state index in [1.54, 1.807) is 25.4 Å². The summed E-state index contributed by atoms with van der Waals surface area (Å²) in [6.45, 7) is 2.45. The van der Waals surface area contributed by atoms with Gasteiger partial charge in [0, 0.05) is 6.20 Å². The molecule has 0 fully saturated rings. The lowest BCUT2D eigenvalue weighted by atomic mass is 10.1. The number of ether oxygens (including phenoxy) is 2. The molecule has 1 aromatic heterocycles. The Morgan fingerprint density at radius 2 is 2.09 bits per heavy atom. The first-order chi connectivity index (χ1) is 10.7. The molecular weight excluding hydrogens is 282 g/mol. The van der Waals surface area contributed by atoms with Crippen LogP contribution in [0.1, 0.15) is 29.0 Å². The van der Waals surface area contributed by atoms with Gasteiger partial charge in [0.15, 0.2) is 11.5 Å². The van der Waals surface area contributed by atoms with Crippen LogP contribution in [0, 0.1) is 0 Å². The average molecular weight is 299 g/mol. The molecule has 0 aliphatic carbocycles. The minimum absolute atomic E-state index is 0.152. The van der Waals surface area contributed by atoms with Crippen LogP contribution in [-0.4, -0.2) is 24.6 Å². The van der Waals surface area contributed by atoms with E-state index in [-0.39, 0.29) is 12.1 Å². The number of fused-ring (bicyclic) bond motifs is 1. The molecule has 0 saturated heterocycles. The van der Waals surface area contributed by atoms with E-state index in [1.165, 1.54) is 0 Å². The van der Waals surface area contributed by atoms with Gasteiger partial charge in [0.05, 0.1) is 19.3 Å². The number of amides is 1. The van der Waals surface area contributed by atoms with E-state index in [0.29, 0.717) is 29.5 Å². The van der Waals surface area contributed by atoms with Crippen LogP contribution in [0.5, 0.6) is 11.5 Å². The van der Waals surface area contributed by atoms with Gasteiger partial charge in [-0.3, -0.25) is 4.79 Å². The van der Waals surface area contributed by atoms with Gasteiger partial charge >= 0.3 is 0 Å². The minimum Gasteiger partial charge on any atom is -0.493 e. The lowest BCUT2D eigenvalue weighted by Crippen LogP contribution is -2.38. The molecule has 1 aromatic carbocycles. The van der Waals surface area contributed by atoms with Crippen molar-refractivity contribution in [2.24, 2.45) is 0 Å². The smallest absolute Gasteiger partial charge is 0.256 e. The molecule has 2 heterocycles. The summed E-state index contributed by atoms with van der Waals surface area (Å²) in [5.74, 6) is 1.72. The highest BCUT2D eigenvalue weighted by atomic mass is 16.5. The molecule has 2 N–H and O–H groups in total. The molecule has 22 heavy (non-hydrogen) atoms. The summed E-state index contributed by atoms with van der Waals surface area (Å²) in [6.07, 6.45) is 1.29. The number of carbonyl (C=O) groups is 1. The van der Waals surface area contributed by atoms with Crippen LogP contribution < -0.4 is 20.1 Å². The van der Waals surface area contributed by atoms with Crippen molar-refractivity contribution in [1.29, 1.82) is 0 Å². The van der Waals surface area contributed by atoms with Gasteiger partial charge in [0.25, 0.3) is 5.91 Å². The third kappa shape index (κ3) is 2.55. The number of pyridine rings is 1. The van der Waals surface area contributed by atoms with Gasteiger partial charge in [0.1, 0.15) is 12.0 Å². The van der Waals surface area contributed by atoms with Crippen LogP contribution in [0.25, 0.3) is 0 Å². The summed E-state index contributed by atoms with van der Waals surface area (Å²) in [6, 6.07) is 9.03. The van der Waals surface area contributed by atoms with E-state index in [9.17, 15) is 4.79 Å². The lowest BCUT2D eigenvalue weighted by Gasteiger charge is -2.27. The number of aromatic nitrogens is 1. The van der Waals surface area contributed by atoms with Crippen LogP contribution >= 0.6 is 0 Å². The fraction of sp³-hybridized carbons (Fsp3) is 0.250. The standard InChI is InChI=1S/C16H17N3O3/c1-3-22-13-9-10(6-7-12(13)21-2)14-18-15-11(16(20)19-14)5-4-8-17-15/h4-9,14H,3H2,1-2H3,(H,17,18)(H,19,20). The first-order valence-corrected chi connectivity index (χ1v) is 7.06. The molecule has 3 rings (SSSR count). The van der Waals surface area contributed by atoms with E-state index < -0.39 is 0 Å². The number of methoxy groups -OCH3 is 1. The van der Waals surface area contributed by atoms with E-state index in [1.807, 2.05) is 25.1 Å². The second kappa shape index (κ2) is 5.93. The van der Waals surface area contributed by atoms with Crippen molar-refractivity contribution in [3.05, 3.63) is 47.7 Å². The van der Waals surface area contributed by atoms with E-state index in [4.69, 9.17) is 9.47 Å². The van der Waals surface area contributed by atoms with Crippen molar-refractivity contribution in [1.82, 2.24) is 10.3 Å². The Morgan fingerprint density at radius 3 is 2.86 bits per heavy atom. The maximum absolute atomic E-state index is 12.2. The summed E-state index contributed by atoms with van der Waals surface area (Å²) in [4.78, 5) is 16.4. The molecule has 1 atom stereocenters. The van der Waals surface area contributed by atoms with Gasteiger partial charge in [-0.05, 0) is 36.8 Å². The molecule has 0 spiro atoms. The number of nitrogens with zero attached hydrogens (tertiary/aromatic N) is 1. The van der Waals surface area contributed by atoms with Gasteiger partial charge in [-0.25, -0.2) is 4.98 Å². The molecule has 1 amide bonds. The van der Waals surface area contributed by atoms with Crippen molar-refractivity contribution in [3.63, 3.8) is 0 Å². The molecule has 2 aromatic rings. The molecule has 0 saturated carbocycles. The second-order valence-electron chi connectivity index (χ2n) is 4.79. The summed E-state index contributed by atoms with van der Waals surface area (Å²) < 4.78 is 10.8. The molecule has 6 nitrogen and oxygen atoms in total. The second-order valence-corrected chi connectivity index (χ2v) is 4.79. The molecule has 1 aliphatic rings. The number of hydrogen-bond acceptors (Lipinski definition) is 5. The van der Waals surface area contributed by atoms with Crippen molar-refractivity contribution in [2.75, 3.05) is 19.0 Å². The zero-order valence-corrected chi connectivity index (χ0v) is 12.4. The normalized spacial score (nSPS) is 16.3. The molecule has 0 bridgehead atoms. The Labute approximate surface area is 128 Å². The Kier molecular flexibility index (Phi) is 3.82. The molecule has 0 radical (unpaired) electrons. The molecule has 1 aliphatic heterocycles. The predicted octanol–water partition coefficient (Wildman–Crippen LogP) is 2.34. The maximum atomic E-state index is 12.2. The minimum atomic E-state index is -0.361. The van der Waals surface area contributed by atoms with Gasteiger partial charge in [0.2, 0.25) is 0 Å². The number of rotatable bonds is 4. The maximum Gasteiger partial charge on any atom is 0.256 e. The van der Waals surface area contributed by atoms with E-state index in [0.717, 1.165) is 5.56 Å². The number of anilines is 1. The topological polar surface area (TPSA) is 72.5 Å². The number of benzene rings is 1. The van der Waals surface area contributed by atoms with Gasteiger partial charge in [-0.2, -0.15) is 0 Å². The Morgan fingerprint density at radius 1 is 1.23 bits per heavy atom. The van der Waals surface area contributed by atoms with Crippen LogP contribution in [0.15, 0.2) is 36.5 Å². The number of hydrogen-bond donors (Lipinski definition) is 2. The van der Waals surface area contributed by atoms with Gasteiger partial charge in [-0.15, -0.1) is 0 Å². The van der Waals surface area contributed by atoms with E-state index >= 15 is 0 Å². The van der Waals surface area contributed by atoms with Crippen LogP contribution in [0.2, 0.25) is 0 Å². The third-order valence-electron chi connectivity index (χ3n) is 3.43. The average Bonchev–Trinajstić information content (AvgIpc) is 2.55. The highest BCUT2D eigenvalue weighted by Crippen LogP contribution is 2.32. The molecule has 114 valence electrons. The lowest BCUT2D eigenvalue weighted by molar-refractivity contribution is 0.0935. The predicted molar refractivity (Wildman–Crippen MR) is 82.2 cm³/mol. The highest BCUT2D eigenvalue weighted by Gasteiger charge is 2.25. The van der Waals surface area contributed by atoms with Gasteiger partial charge < -0.3 is 20.1 Å². The summed E-state index contributed by atoms with van der Waals surface area (Å²) in [5.41, 5.74) is 1.41. The zero-order chi connectivity index (χ0) is 15.5. The van der Waals surface area contributed by atoms with Crippen molar-refractivity contribution in [2.45, 2.75) is 13.1 Å². The summed E-state index contributed by atoms with van der Waals surface area (Å²) in [5, 5.41) is 6.12.